The van der Waals surface area contributed by atoms with Gasteiger partial charge in [-0.05, 0) is 11.6 Å². The van der Waals surface area contributed by atoms with Crippen molar-refractivity contribution >= 4 is 11.4 Å². The van der Waals surface area contributed by atoms with E-state index in [4.69, 9.17) is 4.74 Å². The molecule has 5 nitrogen and oxygen atoms in total. The van der Waals surface area contributed by atoms with Crippen LogP contribution in [0.25, 0.3) is 0 Å². The first-order chi connectivity index (χ1) is 9.20. The van der Waals surface area contributed by atoms with Crippen molar-refractivity contribution in [2.45, 2.75) is 6.54 Å². The predicted molar refractivity (Wildman–Crippen MR) is 73.4 cm³/mol. The number of nitrogens with one attached hydrogen (secondary N) is 1. The number of hydrogen-bond acceptors (Lipinski definition) is 4. The number of methoxy groups -OCH3 is 1. The monoisotopic (exact) mass is 258 g/mol. The SMILES string of the molecule is COc1cc([N+](=O)[O-])ccc1NCc1ccccc1. The van der Waals surface area contributed by atoms with Crippen LogP contribution in [0.15, 0.2) is 48.5 Å². The number of nitrogens with zero attached hydrogens (tertiary/aromatic N) is 1. The fraction of sp³-hybridized carbons (Fsp3) is 0.143. The third-order valence-electron chi connectivity index (χ3n) is 2.72. The zero-order chi connectivity index (χ0) is 13.7. The van der Waals surface area contributed by atoms with Crippen molar-refractivity contribution in [3.63, 3.8) is 0 Å². The molecule has 2 aromatic rings. The van der Waals surface area contributed by atoms with Gasteiger partial charge in [-0.25, -0.2) is 0 Å². The summed E-state index contributed by atoms with van der Waals surface area (Å²) in [5.74, 6) is 0.463. The van der Waals surface area contributed by atoms with Crippen molar-refractivity contribution in [2.75, 3.05) is 12.4 Å². The second kappa shape index (κ2) is 5.86. The molecule has 0 atom stereocenters. The molecule has 19 heavy (non-hydrogen) atoms. The van der Waals surface area contributed by atoms with E-state index >= 15 is 0 Å². The van der Waals surface area contributed by atoms with Crippen LogP contribution in [0.3, 0.4) is 0 Å². The van der Waals surface area contributed by atoms with E-state index in [-0.39, 0.29) is 5.69 Å². The van der Waals surface area contributed by atoms with E-state index in [2.05, 4.69) is 5.32 Å². The van der Waals surface area contributed by atoms with Crippen molar-refractivity contribution < 1.29 is 9.66 Å². The zero-order valence-corrected chi connectivity index (χ0v) is 10.5. The molecule has 0 bridgehead atoms. The highest BCUT2D eigenvalue weighted by Gasteiger charge is 2.10. The molecule has 0 saturated heterocycles. The van der Waals surface area contributed by atoms with Crippen molar-refractivity contribution in [3.05, 3.63) is 64.2 Å². The van der Waals surface area contributed by atoms with E-state index < -0.39 is 4.92 Å². The van der Waals surface area contributed by atoms with Crippen molar-refractivity contribution in [1.29, 1.82) is 0 Å². The van der Waals surface area contributed by atoms with Crippen LogP contribution in [0, 0.1) is 10.1 Å². The minimum atomic E-state index is -0.441. The first kappa shape index (κ1) is 12.9. The minimum Gasteiger partial charge on any atom is -0.494 e. The number of rotatable bonds is 5. The maximum Gasteiger partial charge on any atom is 0.273 e. The van der Waals surface area contributed by atoms with Crippen molar-refractivity contribution in [3.8, 4) is 5.75 Å². The summed E-state index contributed by atoms with van der Waals surface area (Å²) in [6, 6.07) is 14.4. The van der Waals surface area contributed by atoms with Gasteiger partial charge in [0.25, 0.3) is 5.69 Å². The first-order valence-electron chi connectivity index (χ1n) is 5.81. The number of ether oxygens (including phenoxy) is 1. The Labute approximate surface area is 111 Å². The normalized spacial score (nSPS) is 9.95. The number of non-ortho nitro benzene ring substituents is 1. The number of nitro groups is 1. The molecule has 2 aromatic carbocycles. The second-order valence-corrected chi connectivity index (χ2v) is 3.98. The highest BCUT2D eigenvalue weighted by molar-refractivity contribution is 5.60. The lowest BCUT2D eigenvalue weighted by atomic mass is 10.2. The molecule has 0 heterocycles. The molecule has 0 amide bonds. The number of anilines is 1. The molecule has 1 N–H and O–H groups in total. The number of nitro benzene ring substituents is 1. The summed E-state index contributed by atoms with van der Waals surface area (Å²) in [5.41, 5.74) is 1.88. The Morgan fingerprint density at radius 1 is 1.21 bits per heavy atom. The third kappa shape index (κ3) is 3.22. The molecular formula is C14H14N2O3. The first-order valence-corrected chi connectivity index (χ1v) is 5.81. The molecule has 5 heteroatoms. The lowest BCUT2D eigenvalue weighted by molar-refractivity contribution is -0.384. The molecular weight excluding hydrogens is 244 g/mol. The van der Waals surface area contributed by atoms with Gasteiger partial charge in [-0.1, -0.05) is 30.3 Å². The molecule has 0 aliphatic rings. The average Bonchev–Trinajstić information content (AvgIpc) is 2.45. The fourth-order valence-corrected chi connectivity index (χ4v) is 1.73. The maximum absolute atomic E-state index is 10.7. The van der Waals surface area contributed by atoms with Crippen LogP contribution >= 0.6 is 0 Å². The summed E-state index contributed by atoms with van der Waals surface area (Å²) < 4.78 is 5.16. The van der Waals surface area contributed by atoms with Gasteiger partial charge in [0.15, 0.2) is 0 Å². The Morgan fingerprint density at radius 2 is 1.95 bits per heavy atom. The summed E-state index contributed by atoms with van der Waals surface area (Å²) in [5, 5.41) is 13.9. The molecule has 0 saturated carbocycles. The Bertz CT molecular complexity index is 570. The topological polar surface area (TPSA) is 64.4 Å². The van der Waals surface area contributed by atoms with E-state index in [1.165, 1.54) is 19.2 Å². The average molecular weight is 258 g/mol. The second-order valence-electron chi connectivity index (χ2n) is 3.98. The van der Waals surface area contributed by atoms with Gasteiger partial charge in [-0.2, -0.15) is 0 Å². The molecule has 0 unspecified atom stereocenters. The summed E-state index contributed by atoms with van der Waals surface area (Å²) in [6.07, 6.45) is 0. The fourth-order valence-electron chi connectivity index (χ4n) is 1.73. The molecule has 2 rings (SSSR count). The van der Waals surface area contributed by atoms with Crippen LogP contribution < -0.4 is 10.1 Å². The summed E-state index contributed by atoms with van der Waals surface area (Å²) in [4.78, 5) is 10.2. The van der Waals surface area contributed by atoms with E-state index in [0.29, 0.717) is 12.3 Å². The molecule has 0 aliphatic carbocycles. The van der Waals surface area contributed by atoms with Gasteiger partial charge in [-0.3, -0.25) is 10.1 Å². The van der Waals surface area contributed by atoms with Gasteiger partial charge in [0.05, 0.1) is 23.8 Å². The van der Waals surface area contributed by atoms with E-state index in [1.54, 1.807) is 6.07 Å². The van der Waals surface area contributed by atoms with Crippen LogP contribution in [-0.2, 0) is 6.54 Å². The van der Waals surface area contributed by atoms with E-state index in [0.717, 1.165) is 11.3 Å². The Balaban J connectivity index is 2.14. The molecule has 0 fully saturated rings. The Morgan fingerprint density at radius 3 is 2.58 bits per heavy atom. The third-order valence-corrected chi connectivity index (χ3v) is 2.72. The summed E-state index contributed by atoms with van der Waals surface area (Å²) >= 11 is 0. The quantitative estimate of drug-likeness (QED) is 0.660. The lowest BCUT2D eigenvalue weighted by Crippen LogP contribution is -2.01. The van der Waals surface area contributed by atoms with Crippen LogP contribution in [0.2, 0.25) is 0 Å². The molecule has 98 valence electrons. The predicted octanol–water partition coefficient (Wildman–Crippen LogP) is 3.22. The minimum absolute atomic E-state index is 0.0158. The van der Waals surface area contributed by atoms with Crippen LogP contribution in [0.5, 0.6) is 5.75 Å². The van der Waals surface area contributed by atoms with Crippen molar-refractivity contribution in [1.82, 2.24) is 0 Å². The van der Waals surface area contributed by atoms with Gasteiger partial charge in [0.2, 0.25) is 0 Å². The molecule has 0 spiro atoms. The van der Waals surface area contributed by atoms with Crippen LogP contribution in [-0.4, -0.2) is 12.0 Å². The highest BCUT2D eigenvalue weighted by atomic mass is 16.6. The molecule has 0 aromatic heterocycles. The van der Waals surface area contributed by atoms with Crippen molar-refractivity contribution in [2.24, 2.45) is 0 Å². The lowest BCUT2D eigenvalue weighted by Gasteiger charge is -2.10. The standard InChI is InChI=1S/C14H14N2O3/c1-19-14-9-12(16(17)18)7-8-13(14)15-10-11-5-3-2-4-6-11/h2-9,15H,10H2,1H3. The summed E-state index contributed by atoms with van der Waals surface area (Å²) in [6.45, 7) is 0.634. The molecule has 0 aliphatic heterocycles. The summed E-state index contributed by atoms with van der Waals surface area (Å²) in [7, 11) is 1.49. The maximum atomic E-state index is 10.7. The smallest absolute Gasteiger partial charge is 0.273 e. The van der Waals surface area contributed by atoms with Gasteiger partial charge in [0.1, 0.15) is 5.75 Å². The number of hydrogen-bond donors (Lipinski definition) is 1. The van der Waals surface area contributed by atoms with E-state index in [9.17, 15) is 10.1 Å². The van der Waals surface area contributed by atoms with Gasteiger partial charge in [0, 0.05) is 12.6 Å². The van der Waals surface area contributed by atoms with E-state index in [1.807, 2.05) is 30.3 Å². The largest absolute Gasteiger partial charge is 0.494 e. The van der Waals surface area contributed by atoms with Gasteiger partial charge >= 0.3 is 0 Å². The highest BCUT2D eigenvalue weighted by Crippen LogP contribution is 2.29. The Hall–Kier alpha value is -2.56. The van der Waals surface area contributed by atoms with Gasteiger partial charge in [-0.15, -0.1) is 0 Å². The Kier molecular flexibility index (Phi) is 3.97. The number of benzene rings is 2. The zero-order valence-electron chi connectivity index (χ0n) is 10.5. The molecule has 0 radical (unpaired) electrons. The van der Waals surface area contributed by atoms with Crippen LogP contribution in [0.4, 0.5) is 11.4 Å². The van der Waals surface area contributed by atoms with Crippen LogP contribution in [0.1, 0.15) is 5.56 Å². The van der Waals surface area contributed by atoms with Gasteiger partial charge < -0.3 is 10.1 Å².